The van der Waals surface area contributed by atoms with E-state index in [4.69, 9.17) is 4.74 Å². The highest BCUT2D eigenvalue weighted by atomic mass is 32.2. The van der Waals surface area contributed by atoms with Gasteiger partial charge in [0.05, 0.1) is 18.8 Å². The molecule has 7 nitrogen and oxygen atoms in total. The number of rotatable bonds is 7. The van der Waals surface area contributed by atoms with Crippen LogP contribution in [0.4, 0.5) is 5.69 Å². The first-order valence-corrected chi connectivity index (χ1v) is 12.4. The van der Waals surface area contributed by atoms with E-state index < -0.39 is 0 Å². The van der Waals surface area contributed by atoms with Gasteiger partial charge < -0.3 is 15.4 Å². The van der Waals surface area contributed by atoms with Gasteiger partial charge in [-0.25, -0.2) is 0 Å². The van der Waals surface area contributed by atoms with Crippen molar-refractivity contribution in [2.24, 2.45) is 5.92 Å². The third-order valence-corrected chi connectivity index (χ3v) is 7.31. The van der Waals surface area contributed by atoms with Crippen LogP contribution in [0.25, 0.3) is 0 Å². The lowest BCUT2D eigenvalue weighted by Gasteiger charge is -2.43. The van der Waals surface area contributed by atoms with Gasteiger partial charge in [0.25, 0.3) is 0 Å². The first-order valence-electron chi connectivity index (χ1n) is 11.3. The van der Waals surface area contributed by atoms with Gasteiger partial charge in [-0.2, -0.15) is 0 Å². The number of anilines is 1. The number of hydrogen-bond donors (Lipinski definition) is 3. The molecule has 4 rings (SSSR count). The molecule has 2 fully saturated rings. The molecule has 2 heterocycles. The number of benzene rings is 2. The van der Waals surface area contributed by atoms with Crippen molar-refractivity contribution in [2.75, 3.05) is 31.3 Å². The molecule has 2 amide bonds. The zero-order valence-corrected chi connectivity index (χ0v) is 20.2. The molecule has 0 aromatic heterocycles. The fraction of sp³-hybridized carbons (Fsp3) is 0.440. The van der Waals surface area contributed by atoms with E-state index >= 15 is 0 Å². The van der Waals surface area contributed by atoms with Crippen molar-refractivity contribution < 1.29 is 14.3 Å². The van der Waals surface area contributed by atoms with Gasteiger partial charge in [-0.1, -0.05) is 35.9 Å². The number of nitrogens with one attached hydrogen (secondary N) is 3. The summed E-state index contributed by atoms with van der Waals surface area (Å²) in [5.41, 5.74) is 3.90. The number of fused-ring (bicyclic) bond motifs is 1. The molecule has 3 atom stereocenters. The van der Waals surface area contributed by atoms with Crippen LogP contribution in [0.2, 0.25) is 0 Å². The minimum atomic E-state index is -0.260. The first kappa shape index (κ1) is 23.6. The molecule has 0 spiro atoms. The molecule has 2 aromatic carbocycles. The molecule has 0 bridgehead atoms. The normalized spacial score (nSPS) is 22.9. The van der Waals surface area contributed by atoms with E-state index in [0.717, 1.165) is 47.6 Å². The van der Waals surface area contributed by atoms with Crippen molar-refractivity contribution in [3.63, 3.8) is 0 Å². The van der Waals surface area contributed by atoms with E-state index in [1.165, 1.54) is 11.8 Å². The molecule has 3 N–H and O–H groups in total. The molecule has 8 heteroatoms. The Morgan fingerprint density at radius 1 is 1.24 bits per heavy atom. The van der Waals surface area contributed by atoms with E-state index in [-0.39, 0.29) is 35.0 Å². The molecule has 2 aliphatic heterocycles. The number of thioether (sulfide) groups is 1. The highest BCUT2D eigenvalue weighted by Gasteiger charge is 2.40. The number of aryl methyl sites for hydroxylation is 2. The maximum absolute atomic E-state index is 12.9. The number of hydrogen-bond acceptors (Lipinski definition) is 6. The summed E-state index contributed by atoms with van der Waals surface area (Å²) in [4.78, 5) is 27.6. The monoisotopic (exact) mass is 468 g/mol. The Morgan fingerprint density at radius 3 is 2.85 bits per heavy atom. The minimum absolute atomic E-state index is 0.0516. The molecule has 176 valence electrons. The maximum Gasteiger partial charge on any atom is 0.234 e. The SMILES string of the molecule is COc1ccccc1CN1CCC2NC(SCC(=O)Nc3ccc(C)cc3C)NC(=O)C2C1. The third kappa shape index (κ3) is 5.88. The Hall–Kier alpha value is -2.55. The molecular weight excluding hydrogens is 436 g/mol. The number of carbonyl (C=O) groups excluding carboxylic acids is 2. The molecule has 2 aromatic rings. The number of amides is 2. The summed E-state index contributed by atoms with van der Waals surface area (Å²) < 4.78 is 5.47. The lowest BCUT2D eigenvalue weighted by atomic mass is 9.89. The van der Waals surface area contributed by atoms with E-state index in [9.17, 15) is 9.59 Å². The lowest BCUT2D eigenvalue weighted by molar-refractivity contribution is -0.130. The van der Waals surface area contributed by atoms with Crippen molar-refractivity contribution in [3.05, 3.63) is 59.2 Å². The second kappa shape index (κ2) is 10.6. The van der Waals surface area contributed by atoms with Gasteiger partial charge in [-0.3, -0.25) is 19.8 Å². The van der Waals surface area contributed by atoms with Crippen LogP contribution in [-0.2, 0) is 16.1 Å². The number of piperidine rings is 1. The Labute approximate surface area is 199 Å². The average molecular weight is 469 g/mol. The lowest BCUT2D eigenvalue weighted by Crippen LogP contribution is -2.64. The highest BCUT2D eigenvalue weighted by Crippen LogP contribution is 2.27. The Kier molecular flexibility index (Phi) is 7.57. The molecule has 0 aliphatic carbocycles. The van der Waals surface area contributed by atoms with Gasteiger partial charge in [-0.15, -0.1) is 11.8 Å². The molecular formula is C25H32N4O3S. The topological polar surface area (TPSA) is 82.7 Å². The highest BCUT2D eigenvalue weighted by molar-refractivity contribution is 8.00. The summed E-state index contributed by atoms with van der Waals surface area (Å²) in [7, 11) is 1.68. The molecule has 2 aliphatic rings. The van der Waals surface area contributed by atoms with Crippen molar-refractivity contribution in [2.45, 2.75) is 38.4 Å². The van der Waals surface area contributed by atoms with E-state index in [1.807, 2.05) is 50.2 Å². The Balaban J connectivity index is 1.27. The average Bonchev–Trinajstić information content (AvgIpc) is 2.80. The van der Waals surface area contributed by atoms with Gasteiger partial charge in [0.1, 0.15) is 11.2 Å². The molecule has 0 saturated carbocycles. The third-order valence-electron chi connectivity index (χ3n) is 6.30. The summed E-state index contributed by atoms with van der Waals surface area (Å²) in [6.45, 7) is 6.38. The molecule has 2 saturated heterocycles. The quantitative estimate of drug-likeness (QED) is 0.580. The fourth-order valence-electron chi connectivity index (χ4n) is 4.56. The summed E-state index contributed by atoms with van der Waals surface area (Å²) in [5.74, 6) is 1.02. The second-order valence-corrected chi connectivity index (χ2v) is 9.87. The predicted octanol–water partition coefficient (Wildman–Crippen LogP) is 2.88. The summed E-state index contributed by atoms with van der Waals surface area (Å²) in [6.07, 6.45) is 0.888. The second-order valence-electron chi connectivity index (χ2n) is 8.78. The van der Waals surface area contributed by atoms with Crippen LogP contribution >= 0.6 is 11.8 Å². The zero-order chi connectivity index (χ0) is 23.4. The standard InChI is InChI=1S/C25H32N4O3S/c1-16-8-9-20(17(2)12-16)26-23(30)15-33-25-27-21-10-11-29(14-19(21)24(31)28-25)13-18-6-4-5-7-22(18)32-3/h4-9,12,19,21,25,27H,10-11,13-15H2,1-3H3,(H,26,30)(H,28,31). The van der Waals surface area contributed by atoms with E-state index in [2.05, 4.69) is 26.9 Å². The van der Waals surface area contributed by atoms with Crippen molar-refractivity contribution >= 4 is 29.3 Å². The van der Waals surface area contributed by atoms with Crippen LogP contribution in [0.3, 0.4) is 0 Å². The van der Waals surface area contributed by atoms with E-state index in [1.54, 1.807) is 7.11 Å². The predicted molar refractivity (Wildman–Crippen MR) is 132 cm³/mol. The van der Waals surface area contributed by atoms with Crippen LogP contribution in [0.5, 0.6) is 5.75 Å². The van der Waals surface area contributed by atoms with Gasteiger partial charge in [0.15, 0.2) is 0 Å². The number of carbonyl (C=O) groups is 2. The summed E-state index contributed by atoms with van der Waals surface area (Å²) >= 11 is 1.42. The number of ether oxygens (including phenoxy) is 1. The molecule has 3 unspecified atom stereocenters. The molecule has 0 radical (unpaired) electrons. The Morgan fingerprint density at radius 2 is 2.06 bits per heavy atom. The molecule has 33 heavy (non-hydrogen) atoms. The van der Waals surface area contributed by atoms with Crippen LogP contribution in [-0.4, -0.2) is 54.2 Å². The number of nitrogens with zero attached hydrogens (tertiary/aromatic N) is 1. The smallest absolute Gasteiger partial charge is 0.234 e. The van der Waals surface area contributed by atoms with Crippen molar-refractivity contribution in [1.82, 2.24) is 15.5 Å². The van der Waals surface area contributed by atoms with Crippen molar-refractivity contribution in [3.8, 4) is 5.75 Å². The van der Waals surface area contributed by atoms with Crippen LogP contribution < -0.4 is 20.7 Å². The van der Waals surface area contributed by atoms with Crippen molar-refractivity contribution in [1.29, 1.82) is 0 Å². The van der Waals surface area contributed by atoms with Crippen LogP contribution in [0.15, 0.2) is 42.5 Å². The van der Waals surface area contributed by atoms with Gasteiger partial charge >= 0.3 is 0 Å². The van der Waals surface area contributed by atoms with Gasteiger partial charge in [0.2, 0.25) is 11.8 Å². The number of methoxy groups -OCH3 is 1. The number of para-hydroxylation sites is 1. The zero-order valence-electron chi connectivity index (χ0n) is 19.4. The minimum Gasteiger partial charge on any atom is -0.496 e. The Bertz CT molecular complexity index is 1010. The first-order chi connectivity index (χ1) is 15.9. The summed E-state index contributed by atoms with van der Waals surface area (Å²) in [6, 6.07) is 14.1. The summed E-state index contributed by atoms with van der Waals surface area (Å²) in [5, 5.41) is 9.54. The number of likely N-dealkylation sites (tertiary alicyclic amines) is 1. The van der Waals surface area contributed by atoms with Crippen LogP contribution in [0.1, 0.15) is 23.1 Å². The van der Waals surface area contributed by atoms with E-state index in [0.29, 0.717) is 6.54 Å². The van der Waals surface area contributed by atoms with Gasteiger partial charge in [-0.05, 0) is 38.0 Å². The largest absolute Gasteiger partial charge is 0.496 e. The fourth-order valence-corrected chi connectivity index (χ4v) is 5.42. The van der Waals surface area contributed by atoms with Gasteiger partial charge in [0, 0.05) is 36.9 Å². The van der Waals surface area contributed by atoms with Crippen LogP contribution in [0, 0.1) is 19.8 Å². The maximum atomic E-state index is 12.9.